The number of piperidine rings is 1. The predicted molar refractivity (Wildman–Crippen MR) is 105 cm³/mol. The Morgan fingerprint density at radius 3 is 2.79 bits per heavy atom. The summed E-state index contributed by atoms with van der Waals surface area (Å²) in [6.07, 6.45) is 4.07. The van der Waals surface area contributed by atoms with Gasteiger partial charge in [-0.3, -0.25) is 14.6 Å². The van der Waals surface area contributed by atoms with Crippen molar-refractivity contribution in [2.45, 2.75) is 32.7 Å². The minimum atomic E-state index is -0.642. The van der Waals surface area contributed by atoms with Gasteiger partial charge in [-0.15, -0.1) is 0 Å². The first-order valence-electron chi connectivity index (χ1n) is 9.34. The highest BCUT2D eigenvalue weighted by atomic mass is 35.5. The Balaban J connectivity index is 1.93. The largest absolute Gasteiger partial charge is 0.453 e. The molecule has 2 rings (SSSR count). The van der Waals surface area contributed by atoms with Crippen molar-refractivity contribution in [2.75, 3.05) is 26.7 Å². The molecule has 0 aliphatic carbocycles. The van der Waals surface area contributed by atoms with Crippen LogP contribution >= 0.6 is 11.6 Å². The lowest BCUT2D eigenvalue weighted by Crippen LogP contribution is -2.54. The maximum atomic E-state index is 12.9. The minimum absolute atomic E-state index is 0.0690. The molecule has 1 aromatic rings. The van der Waals surface area contributed by atoms with Gasteiger partial charge in [0.05, 0.1) is 17.7 Å². The molecule has 2 N–H and O–H groups in total. The molecular weight excluding hydrogens is 384 g/mol. The zero-order valence-corrected chi connectivity index (χ0v) is 17.2. The number of aromatic nitrogens is 1. The molecule has 0 spiro atoms. The summed E-state index contributed by atoms with van der Waals surface area (Å²) in [5, 5.41) is 5.80. The van der Waals surface area contributed by atoms with Crippen molar-refractivity contribution in [3.8, 4) is 0 Å². The summed E-state index contributed by atoms with van der Waals surface area (Å²) in [6.45, 7) is 5.34. The summed E-state index contributed by atoms with van der Waals surface area (Å²) in [6, 6.07) is 0.927. The number of hydrogen-bond acceptors (Lipinski definition) is 5. The van der Waals surface area contributed by atoms with Gasteiger partial charge in [-0.05, 0) is 30.7 Å². The van der Waals surface area contributed by atoms with Gasteiger partial charge in [0.1, 0.15) is 6.04 Å². The highest BCUT2D eigenvalue weighted by Gasteiger charge is 2.32. The van der Waals surface area contributed by atoms with E-state index in [1.807, 2.05) is 13.8 Å². The zero-order valence-electron chi connectivity index (χ0n) is 16.4. The highest BCUT2D eigenvalue weighted by molar-refractivity contribution is 6.33. The Labute approximate surface area is 170 Å². The number of halogens is 1. The molecule has 154 valence electrons. The number of nitrogens with zero attached hydrogens (tertiary/aromatic N) is 2. The molecule has 2 atom stereocenters. The lowest BCUT2D eigenvalue weighted by Gasteiger charge is -2.36. The van der Waals surface area contributed by atoms with Gasteiger partial charge in [-0.1, -0.05) is 25.4 Å². The van der Waals surface area contributed by atoms with Gasteiger partial charge in [-0.2, -0.15) is 0 Å². The number of carbonyl (C=O) groups is 3. The van der Waals surface area contributed by atoms with Crippen LogP contribution in [0.15, 0.2) is 18.5 Å². The summed E-state index contributed by atoms with van der Waals surface area (Å²) in [5.74, 6) is -0.328. The number of hydrogen-bond donors (Lipinski definition) is 2. The molecule has 3 amide bonds. The number of carbonyl (C=O) groups excluding carboxylic acids is 3. The van der Waals surface area contributed by atoms with E-state index in [1.54, 1.807) is 11.0 Å². The van der Waals surface area contributed by atoms with Crippen LogP contribution < -0.4 is 10.6 Å². The van der Waals surface area contributed by atoms with Gasteiger partial charge >= 0.3 is 6.09 Å². The molecule has 0 bridgehead atoms. The van der Waals surface area contributed by atoms with E-state index in [4.69, 9.17) is 11.6 Å². The van der Waals surface area contributed by atoms with Crippen molar-refractivity contribution < 1.29 is 19.1 Å². The topological polar surface area (TPSA) is 101 Å². The second-order valence-electron chi connectivity index (χ2n) is 7.22. The standard InChI is InChI=1S/C19H27ClN4O4/c1-12(2)16(23-19(27)28-3)18(26)24-8-4-5-13(11-24)9-22-17(25)14-6-7-21-10-15(14)20/h6-7,10,12-13,16H,4-5,8-9,11H2,1-3H3,(H,22,25)(H,23,27)/t13-,16+/m0/s1. The van der Waals surface area contributed by atoms with Crippen LogP contribution in [-0.4, -0.2) is 60.6 Å². The van der Waals surface area contributed by atoms with Gasteiger partial charge in [0.25, 0.3) is 5.91 Å². The van der Waals surface area contributed by atoms with Gasteiger partial charge in [-0.25, -0.2) is 4.79 Å². The van der Waals surface area contributed by atoms with Gasteiger partial charge < -0.3 is 20.3 Å². The smallest absolute Gasteiger partial charge is 0.407 e. The van der Waals surface area contributed by atoms with E-state index < -0.39 is 12.1 Å². The first kappa shape index (κ1) is 21.9. The highest BCUT2D eigenvalue weighted by Crippen LogP contribution is 2.19. The van der Waals surface area contributed by atoms with Crippen LogP contribution in [0.5, 0.6) is 0 Å². The van der Waals surface area contributed by atoms with E-state index in [0.717, 1.165) is 12.8 Å². The van der Waals surface area contributed by atoms with E-state index >= 15 is 0 Å². The number of nitrogens with one attached hydrogen (secondary N) is 2. The molecule has 1 aromatic heterocycles. The van der Waals surface area contributed by atoms with Crippen LogP contribution in [-0.2, 0) is 9.53 Å². The lowest BCUT2D eigenvalue weighted by molar-refractivity contribution is -0.136. The van der Waals surface area contributed by atoms with Crippen molar-refractivity contribution in [3.63, 3.8) is 0 Å². The van der Waals surface area contributed by atoms with Crippen LogP contribution in [0.2, 0.25) is 5.02 Å². The fourth-order valence-corrected chi connectivity index (χ4v) is 3.42. The molecule has 8 nitrogen and oxygen atoms in total. The van der Waals surface area contributed by atoms with Crippen LogP contribution in [0.3, 0.4) is 0 Å². The summed E-state index contributed by atoms with van der Waals surface area (Å²) in [5.41, 5.74) is 0.377. The second kappa shape index (κ2) is 10.3. The average Bonchev–Trinajstić information content (AvgIpc) is 2.69. The number of likely N-dealkylation sites (tertiary alicyclic amines) is 1. The van der Waals surface area contributed by atoms with Crippen molar-refractivity contribution in [2.24, 2.45) is 11.8 Å². The molecule has 0 unspecified atom stereocenters. The Hall–Kier alpha value is -2.35. The number of methoxy groups -OCH3 is 1. The molecular formula is C19H27ClN4O4. The monoisotopic (exact) mass is 410 g/mol. The first-order chi connectivity index (χ1) is 13.3. The van der Waals surface area contributed by atoms with Gasteiger partial charge in [0.2, 0.25) is 5.91 Å². The normalized spacial score (nSPS) is 17.8. The number of alkyl carbamates (subject to hydrolysis) is 1. The molecule has 28 heavy (non-hydrogen) atoms. The Morgan fingerprint density at radius 2 is 2.14 bits per heavy atom. The summed E-state index contributed by atoms with van der Waals surface area (Å²) in [4.78, 5) is 42.4. The molecule has 1 saturated heterocycles. The Morgan fingerprint density at radius 1 is 1.39 bits per heavy atom. The number of pyridine rings is 1. The molecule has 2 heterocycles. The first-order valence-corrected chi connectivity index (χ1v) is 9.72. The molecule has 0 radical (unpaired) electrons. The number of ether oxygens (including phenoxy) is 1. The summed E-state index contributed by atoms with van der Waals surface area (Å²) in [7, 11) is 1.27. The van der Waals surface area contributed by atoms with Crippen molar-refractivity contribution in [1.82, 2.24) is 20.5 Å². The van der Waals surface area contributed by atoms with Gasteiger partial charge in [0.15, 0.2) is 0 Å². The quantitative estimate of drug-likeness (QED) is 0.747. The third-order valence-electron chi connectivity index (χ3n) is 4.79. The molecule has 1 aliphatic rings. The molecule has 0 saturated carbocycles. The minimum Gasteiger partial charge on any atom is -0.453 e. The fraction of sp³-hybridized carbons (Fsp3) is 0.579. The number of rotatable bonds is 6. The Kier molecular flexibility index (Phi) is 8.04. The summed E-state index contributed by atoms with van der Waals surface area (Å²) < 4.78 is 4.62. The zero-order chi connectivity index (χ0) is 20.7. The number of amides is 3. The summed E-state index contributed by atoms with van der Waals surface area (Å²) >= 11 is 6.00. The van der Waals surface area contributed by atoms with Crippen molar-refractivity contribution in [3.05, 3.63) is 29.0 Å². The molecule has 0 aromatic carbocycles. The molecule has 1 aliphatic heterocycles. The Bertz CT molecular complexity index is 713. The van der Waals surface area contributed by atoms with E-state index in [2.05, 4.69) is 20.4 Å². The van der Waals surface area contributed by atoms with Crippen LogP contribution in [0.4, 0.5) is 4.79 Å². The third-order valence-corrected chi connectivity index (χ3v) is 5.09. The van der Waals surface area contributed by atoms with E-state index in [-0.39, 0.29) is 23.7 Å². The maximum Gasteiger partial charge on any atom is 0.407 e. The van der Waals surface area contributed by atoms with E-state index in [0.29, 0.717) is 30.2 Å². The maximum absolute atomic E-state index is 12.9. The second-order valence-corrected chi connectivity index (χ2v) is 7.62. The lowest BCUT2D eigenvalue weighted by atomic mass is 9.95. The van der Waals surface area contributed by atoms with Gasteiger partial charge in [0, 0.05) is 32.0 Å². The molecule has 1 fully saturated rings. The fourth-order valence-electron chi connectivity index (χ4n) is 3.22. The van der Waals surface area contributed by atoms with Crippen molar-refractivity contribution in [1.29, 1.82) is 0 Å². The van der Waals surface area contributed by atoms with Crippen molar-refractivity contribution >= 4 is 29.5 Å². The third kappa shape index (κ3) is 5.82. The van der Waals surface area contributed by atoms with Crippen LogP contribution in [0.25, 0.3) is 0 Å². The van der Waals surface area contributed by atoms with E-state index in [9.17, 15) is 14.4 Å². The average molecular weight is 411 g/mol. The predicted octanol–water partition coefficient (Wildman–Crippen LogP) is 2.08. The van der Waals surface area contributed by atoms with Crippen LogP contribution in [0, 0.1) is 11.8 Å². The van der Waals surface area contributed by atoms with Crippen LogP contribution in [0.1, 0.15) is 37.0 Å². The SMILES string of the molecule is COC(=O)N[C@@H](C(=O)N1CCC[C@@H](CNC(=O)c2ccncc2Cl)C1)C(C)C. The van der Waals surface area contributed by atoms with E-state index in [1.165, 1.54) is 19.5 Å². The molecule has 9 heteroatoms.